The molecule has 0 saturated heterocycles. The highest BCUT2D eigenvalue weighted by atomic mass is 32.2. The molecule has 0 aliphatic heterocycles. The van der Waals surface area contributed by atoms with E-state index in [0.717, 1.165) is 6.07 Å². The molecule has 0 aliphatic rings. The number of halogens is 4. The number of anilines is 1. The minimum atomic E-state index is -4.75. The van der Waals surface area contributed by atoms with Gasteiger partial charge in [-0.15, -0.1) is 0 Å². The summed E-state index contributed by atoms with van der Waals surface area (Å²) in [6.45, 7) is 5.10. The number of aryl methyl sites for hydroxylation is 1. The number of aromatic nitrogens is 1. The fourth-order valence-corrected chi connectivity index (χ4v) is 4.76. The summed E-state index contributed by atoms with van der Waals surface area (Å²) in [5.74, 6) is -1.73. The lowest BCUT2D eigenvalue weighted by molar-refractivity contribution is -0.137. The van der Waals surface area contributed by atoms with Gasteiger partial charge in [-0.2, -0.15) is 13.2 Å². The number of hydrogen-bond acceptors (Lipinski definition) is 5. The maximum Gasteiger partial charge on any atom is 0.417 e. The van der Waals surface area contributed by atoms with Gasteiger partial charge in [0.25, 0.3) is 5.91 Å². The Bertz CT molecular complexity index is 1380. The van der Waals surface area contributed by atoms with E-state index in [1.807, 2.05) is 0 Å². The normalized spacial score (nSPS) is 13.3. The molecule has 3 aromatic rings. The molecule has 1 atom stereocenters. The molecular formula is C24H23F4N3O3S. The molecule has 0 aliphatic carbocycles. The fraction of sp³-hybridized carbons (Fsp3) is 0.250. The van der Waals surface area contributed by atoms with Crippen molar-refractivity contribution in [2.24, 2.45) is 4.36 Å². The van der Waals surface area contributed by atoms with Crippen LogP contribution in [0.5, 0.6) is 11.6 Å². The van der Waals surface area contributed by atoms with Crippen LogP contribution < -0.4 is 10.1 Å². The van der Waals surface area contributed by atoms with E-state index in [1.165, 1.54) is 37.4 Å². The molecule has 0 bridgehead atoms. The van der Waals surface area contributed by atoms with Crippen molar-refractivity contribution >= 4 is 21.3 Å². The third-order valence-corrected chi connectivity index (χ3v) is 6.66. The number of carbonyl (C=O) groups is 1. The van der Waals surface area contributed by atoms with E-state index in [2.05, 4.69) is 14.7 Å². The van der Waals surface area contributed by atoms with E-state index in [0.29, 0.717) is 22.7 Å². The molecule has 0 fully saturated rings. The Kier molecular flexibility index (Phi) is 7.49. The molecule has 186 valence electrons. The fourth-order valence-electron chi connectivity index (χ4n) is 3.15. The lowest BCUT2D eigenvalue weighted by atomic mass is 10.1. The average Bonchev–Trinajstić information content (AvgIpc) is 2.74. The molecule has 0 unspecified atom stereocenters. The van der Waals surface area contributed by atoms with Crippen molar-refractivity contribution in [1.29, 1.82) is 0 Å². The average molecular weight is 510 g/mol. The minimum Gasteiger partial charge on any atom is -0.438 e. The number of pyridine rings is 1. The first-order chi connectivity index (χ1) is 16.3. The largest absolute Gasteiger partial charge is 0.438 e. The van der Waals surface area contributed by atoms with Crippen LogP contribution in [-0.4, -0.2) is 27.4 Å². The molecule has 6 nitrogen and oxygen atoms in total. The summed E-state index contributed by atoms with van der Waals surface area (Å²) in [6.07, 6.45) is -2.74. The Morgan fingerprint density at radius 3 is 2.49 bits per heavy atom. The monoisotopic (exact) mass is 509 g/mol. The Balaban J connectivity index is 2.00. The van der Waals surface area contributed by atoms with Gasteiger partial charge in [0, 0.05) is 23.0 Å². The van der Waals surface area contributed by atoms with Gasteiger partial charge in [0.2, 0.25) is 5.88 Å². The Hall–Kier alpha value is -3.47. The first kappa shape index (κ1) is 26.1. The maximum absolute atomic E-state index is 13.4. The second-order valence-corrected chi connectivity index (χ2v) is 10.4. The van der Waals surface area contributed by atoms with Crippen LogP contribution in [0.15, 0.2) is 64.0 Å². The zero-order valence-electron chi connectivity index (χ0n) is 19.3. The first-order valence-electron chi connectivity index (χ1n) is 10.4. The summed E-state index contributed by atoms with van der Waals surface area (Å²) in [4.78, 5) is 17.1. The molecule has 1 N–H and O–H groups in total. The van der Waals surface area contributed by atoms with E-state index < -0.39 is 44.6 Å². The summed E-state index contributed by atoms with van der Waals surface area (Å²) in [5, 5.41) is 2.50. The van der Waals surface area contributed by atoms with Gasteiger partial charge >= 0.3 is 6.18 Å². The summed E-state index contributed by atoms with van der Waals surface area (Å²) in [7, 11) is -2.76. The minimum absolute atomic E-state index is 0.121. The van der Waals surface area contributed by atoms with Gasteiger partial charge in [0.1, 0.15) is 17.1 Å². The number of alkyl halides is 3. The molecule has 0 saturated carbocycles. The van der Waals surface area contributed by atoms with Crippen LogP contribution >= 0.6 is 0 Å². The van der Waals surface area contributed by atoms with Crippen molar-refractivity contribution in [2.75, 3.05) is 11.6 Å². The van der Waals surface area contributed by atoms with Gasteiger partial charge in [0.15, 0.2) is 0 Å². The van der Waals surface area contributed by atoms with E-state index in [4.69, 9.17) is 4.74 Å². The second kappa shape index (κ2) is 10.0. The SMILES string of the molecule is Cc1cc(F)ccc1Oc1ncc(C(F)(F)F)cc1C(=O)Nc1cccc([S@@](C)(=O)=NC(C)C)c1. The quantitative estimate of drug-likeness (QED) is 0.387. The van der Waals surface area contributed by atoms with Crippen LogP contribution in [0, 0.1) is 12.7 Å². The molecule has 0 spiro atoms. The van der Waals surface area contributed by atoms with Crippen LogP contribution in [-0.2, 0) is 15.9 Å². The van der Waals surface area contributed by atoms with Crippen LogP contribution in [0.2, 0.25) is 0 Å². The number of rotatable bonds is 6. The second-order valence-electron chi connectivity index (χ2n) is 8.07. The highest BCUT2D eigenvalue weighted by Gasteiger charge is 2.33. The van der Waals surface area contributed by atoms with Gasteiger partial charge in [-0.3, -0.25) is 4.79 Å². The van der Waals surface area contributed by atoms with E-state index in [-0.39, 0.29) is 17.5 Å². The Labute approximate surface area is 200 Å². The van der Waals surface area contributed by atoms with Gasteiger partial charge in [-0.05, 0) is 68.8 Å². The molecule has 1 aromatic heterocycles. The zero-order valence-corrected chi connectivity index (χ0v) is 20.1. The highest BCUT2D eigenvalue weighted by Crippen LogP contribution is 2.34. The van der Waals surface area contributed by atoms with Gasteiger partial charge in [-0.1, -0.05) is 6.07 Å². The lowest BCUT2D eigenvalue weighted by Gasteiger charge is -2.15. The predicted octanol–water partition coefficient (Wildman–Crippen LogP) is 6.46. The molecule has 3 rings (SSSR count). The molecule has 2 aromatic carbocycles. The first-order valence-corrected chi connectivity index (χ1v) is 12.3. The molecule has 1 heterocycles. The number of nitrogens with one attached hydrogen (secondary N) is 1. The standard InChI is InChI=1S/C24H23F4N3O3S/c1-14(2)31-35(4,33)19-7-5-6-18(12-19)30-22(32)20-11-16(24(26,27)28)13-29-23(20)34-21-9-8-17(25)10-15(21)3/h5-14H,1-4H3,(H,30,32)/t35-/m1/s1. The van der Waals surface area contributed by atoms with Crippen LogP contribution in [0.4, 0.5) is 23.2 Å². The molecular weight excluding hydrogens is 486 g/mol. The van der Waals surface area contributed by atoms with E-state index >= 15 is 0 Å². The Morgan fingerprint density at radius 1 is 1.14 bits per heavy atom. The number of hydrogen-bond donors (Lipinski definition) is 1. The van der Waals surface area contributed by atoms with Crippen molar-refractivity contribution < 1.29 is 31.3 Å². The molecule has 0 radical (unpaired) electrons. The van der Waals surface area contributed by atoms with E-state index in [1.54, 1.807) is 26.0 Å². The highest BCUT2D eigenvalue weighted by molar-refractivity contribution is 7.93. The molecule has 1 amide bonds. The maximum atomic E-state index is 13.4. The third-order valence-electron chi connectivity index (χ3n) is 4.71. The van der Waals surface area contributed by atoms with Gasteiger partial charge < -0.3 is 10.1 Å². The van der Waals surface area contributed by atoms with Crippen molar-refractivity contribution in [2.45, 2.75) is 37.9 Å². The van der Waals surface area contributed by atoms with Gasteiger partial charge in [0.05, 0.1) is 21.3 Å². The third kappa shape index (κ3) is 6.56. The topological polar surface area (TPSA) is 80.6 Å². The van der Waals surface area contributed by atoms with Crippen LogP contribution in [0.25, 0.3) is 0 Å². The summed E-state index contributed by atoms with van der Waals surface area (Å²) in [6, 6.07) is 10.1. The van der Waals surface area contributed by atoms with Crippen LogP contribution in [0.3, 0.4) is 0 Å². The van der Waals surface area contributed by atoms with Gasteiger partial charge in [-0.25, -0.2) is 17.9 Å². The summed E-state index contributed by atoms with van der Waals surface area (Å²) >= 11 is 0. The summed E-state index contributed by atoms with van der Waals surface area (Å²) in [5.41, 5.74) is -1.08. The van der Waals surface area contributed by atoms with Crippen molar-refractivity contribution in [3.8, 4) is 11.6 Å². The van der Waals surface area contributed by atoms with Crippen molar-refractivity contribution in [3.05, 3.63) is 77.2 Å². The zero-order chi connectivity index (χ0) is 26.0. The smallest absolute Gasteiger partial charge is 0.417 e. The molecule has 11 heteroatoms. The van der Waals surface area contributed by atoms with Crippen molar-refractivity contribution in [1.82, 2.24) is 4.98 Å². The number of ether oxygens (including phenoxy) is 1. The molecule has 35 heavy (non-hydrogen) atoms. The number of benzene rings is 2. The summed E-state index contributed by atoms with van der Waals surface area (Å²) < 4.78 is 76.1. The lowest BCUT2D eigenvalue weighted by Crippen LogP contribution is -2.16. The van der Waals surface area contributed by atoms with Crippen LogP contribution in [0.1, 0.15) is 35.3 Å². The van der Waals surface area contributed by atoms with Crippen molar-refractivity contribution in [3.63, 3.8) is 0 Å². The number of nitrogens with zero attached hydrogens (tertiary/aromatic N) is 2. The van der Waals surface area contributed by atoms with E-state index in [9.17, 15) is 26.6 Å². The number of carbonyl (C=O) groups excluding carboxylic acids is 1. The number of amides is 1. The Morgan fingerprint density at radius 2 is 1.86 bits per heavy atom. The predicted molar refractivity (Wildman–Crippen MR) is 125 cm³/mol.